The van der Waals surface area contributed by atoms with Crippen molar-refractivity contribution in [1.29, 1.82) is 5.26 Å². The number of H-pyrrole nitrogens is 1. The highest BCUT2D eigenvalue weighted by Gasteiger charge is 2.45. The molecule has 2 aromatic heterocycles. The van der Waals surface area contributed by atoms with Crippen molar-refractivity contribution in [1.82, 2.24) is 15.2 Å². The van der Waals surface area contributed by atoms with E-state index in [9.17, 15) is 23.5 Å². The number of aromatic amines is 1. The molecule has 1 fully saturated rings. The number of alkyl halides is 3. The SMILES string of the molecule is C[C@H](O)Cc1cc(-c2ccnc3n[nH]c(C(F)(F)F)c23)cc(C2(C#N)CC2)c1. The predicted molar refractivity (Wildman–Crippen MR) is 96.2 cm³/mol. The van der Waals surface area contributed by atoms with E-state index in [0.29, 0.717) is 30.4 Å². The van der Waals surface area contributed by atoms with E-state index in [1.165, 1.54) is 12.3 Å². The first-order chi connectivity index (χ1) is 13.2. The number of fused-ring (bicyclic) bond motifs is 1. The maximum atomic E-state index is 13.5. The van der Waals surface area contributed by atoms with Gasteiger partial charge in [0.25, 0.3) is 0 Å². The lowest BCUT2D eigenvalue weighted by Crippen LogP contribution is -2.09. The summed E-state index contributed by atoms with van der Waals surface area (Å²) in [6, 6.07) is 9.23. The highest BCUT2D eigenvalue weighted by Crippen LogP contribution is 2.49. The second kappa shape index (κ2) is 6.31. The van der Waals surface area contributed by atoms with Gasteiger partial charge in [-0.25, -0.2) is 4.98 Å². The van der Waals surface area contributed by atoms with Crippen LogP contribution in [0.1, 0.15) is 36.6 Å². The molecule has 0 bridgehead atoms. The molecule has 2 heterocycles. The second-order valence-corrected chi connectivity index (χ2v) is 7.32. The molecule has 3 aromatic rings. The zero-order chi connectivity index (χ0) is 20.1. The molecule has 1 aromatic carbocycles. The lowest BCUT2D eigenvalue weighted by molar-refractivity contribution is -0.139. The van der Waals surface area contributed by atoms with Crippen LogP contribution in [0.5, 0.6) is 0 Å². The molecule has 1 aliphatic rings. The van der Waals surface area contributed by atoms with E-state index < -0.39 is 23.4 Å². The van der Waals surface area contributed by atoms with Gasteiger partial charge < -0.3 is 5.11 Å². The molecule has 1 atom stereocenters. The molecule has 0 saturated heterocycles. The number of aromatic nitrogens is 3. The minimum atomic E-state index is -4.60. The van der Waals surface area contributed by atoms with Crippen molar-refractivity contribution in [3.05, 3.63) is 47.3 Å². The van der Waals surface area contributed by atoms with Crippen LogP contribution < -0.4 is 0 Å². The van der Waals surface area contributed by atoms with Crippen LogP contribution in [0.4, 0.5) is 13.2 Å². The van der Waals surface area contributed by atoms with Gasteiger partial charge >= 0.3 is 6.18 Å². The predicted octanol–water partition coefficient (Wildman–Crippen LogP) is 4.12. The lowest BCUT2D eigenvalue weighted by Gasteiger charge is -2.15. The van der Waals surface area contributed by atoms with Gasteiger partial charge in [-0.2, -0.15) is 23.5 Å². The molecule has 8 heteroatoms. The fraction of sp³-hybridized carbons (Fsp3) is 0.350. The molecule has 144 valence electrons. The van der Waals surface area contributed by atoms with E-state index in [2.05, 4.69) is 16.2 Å². The maximum Gasteiger partial charge on any atom is 0.433 e. The molecule has 0 radical (unpaired) electrons. The van der Waals surface area contributed by atoms with Crippen LogP contribution in [-0.4, -0.2) is 26.4 Å². The molecule has 4 rings (SSSR count). The Morgan fingerprint density at radius 2 is 2.07 bits per heavy atom. The highest BCUT2D eigenvalue weighted by molar-refractivity contribution is 5.95. The number of nitrogens with zero attached hydrogens (tertiary/aromatic N) is 3. The summed E-state index contributed by atoms with van der Waals surface area (Å²) in [5.41, 5.74) is 0.862. The molecule has 2 N–H and O–H groups in total. The Morgan fingerprint density at radius 3 is 2.68 bits per heavy atom. The third-order valence-electron chi connectivity index (χ3n) is 5.09. The molecule has 0 unspecified atom stereocenters. The van der Waals surface area contributed by atoms with Crippen molar-refractivity contribution in [2.75, 3.05) is 0 Å². The van der Waals surface area contributed by atoms with Crippen molar-refractivity contribution >= 4 is 11.0 Å². The summed E-state index contributed by atoms with van der Waals surface area (Å²) in [6.45, 7) is 1.64. The van der Waals surface area contributed by atoms with E-state index >= 15 is 0 Å². The van der Waals surface area contributed by atoms with Gasteiger partial charge in [-0.05, 0) is 60.6 Å². The fourth-order valence-corrected chi connectivity index (χ4v) is 3.57. The lowest BCUT2D eigenvalue weighted by atomic mass is 9.89. The van der Waals surface area contributed by atoms with Gasteiger partial charge in [0, 0.05) is 6.20 Å². The Kier molecular flexibility index (Phi) is 4.16. The van der Waals surface area contributed by atoms with Crippen molar-refractivity contribution in [3.8, 4) is 17.2 Å². The number of halogens is 3. The summed E-state index contributed by atoms with van der Waals surface area (Å²) in [4.78, 5) is 3.94. The number of aliphatic hydroxyl groups is 1. The normalized spacial score (nSPS) is 16.7. The van der Waals surface area contributed by atoms with Crippen LogP contribution in [0.3, 0.4) is 0 Å². The van der Waals surface area contributed by atoms with Crippen LogP contribution in [0.25, 0.3) is 22.2 Å². The summed E-state index contributed by atoms with van der Waals surface area (Å²) in [6.07, 6.45) is -2.03. The van der Waals surface area contributed by atoms with Gasteiger partial charge in [-0.15, -0.1) is 0 Å². The molecular formula is C20H17F3N4O. The van der Waals surface area contributed by atoms with Crippen LogP contribution in [-0.2, 0) is 18.0 Å². The highest BCUT2D eigenvalue weighted by atomic mass is 19.4. The van der Waals surface area contributed by atoms with E-state index in [1.807, 2.05) is 11.2 Å². The number of rotatable bonds is 4. The summed E-state index contributed by atoms with van der Waals surface area (Å²) in [7, 11) is 0. The molecule has 28 heavy (non-hydrogen) atoms. The smallest absolute Gasteiger partial charge is 0.393 e. The minimum absolute atomic E-state index is 0.0197. The summed E-state index contributed by atoms with van der Waals surface area (Å²) in [5.74, 6) is 0. The summed E-state index contributed by atoms with van der Waals surface area (Å²) >= 11 is 0. The van der Waals surface area contributed by atoms with Gasteiger partial charge in [0.1, 0.15) is 5.69 Å². The second-order valence-electron chi connectivity index (χ2n) is 7.32. The van der Waals surface area contributed by atoms with Crippen LogP contribution in [0.2, 0.25) is 0 Å². The third kappa shape index (κ3) is 3.12. The summed E-state index contributed by atoms with van der Waals surface area (Å²) in [5, 5.41) is 25.0. The van der Waals surface area contributed by atoms with E-state index in [1.54, 1.807) is 19.1 Å². The van der Waals surface area contributed by atoms with Crippen molar-refractivity contribution in [3.63, 3.8) is 0 Å². The first-order valence-electron chi connectivity index (χ1n) is 8.88. The molecule has 1 aliphatic carbocycles. The summed E-state index contributed by atoms with van der Waals surface area (Å²) < 4.78 is 40.4. The Bertz CT molecular complexity index is 1090. The standard InChI is InChI=1S/C20H17F3N4O/c1-11(28)6-12-7-13(9-14(8-12)19(10-24)3-4-19)15-2-5-25-18-16(15)17(26-27-18)20(21,22)23/h2,5,7-9,11,28H,3-4,6H2,1H3,(H,25,26,27)/t11-/m0/s1. The maximum absolute atomic E-state index is 13.5. The first-order valence-corrected chi connectivity index (χ1v) is 8.88. The number of hydrogen-bond acceptors (Lipinski definition) is 4. The molecule has 0 aliphatic heterocycles. The monoisotopic (exact) mass is 386 g/mol. The topological polar surface area (TPSA) is 85.6 Å². The average Bonchev–Trinajstić information content (AvgIpc) is 3.30. The molecule has 0 spiro atoms. The quantitative estimate of drug-likeness (QED) is 0.706. The van der Waals surface area contributed by atoms with Gasteiger partial charge in [-0.3, -0.25) is 5.10 Å². The first kappa shape index (κ1) is 18.4. The number of hydrogen-bond donors (Lipinski definition) is 2. The number of pyridine rings is 1. The van der Waals surface area contributed by atoms with Crippen molar-refractivity contribution in [2.24, 2.45) is 0 Å². The van der Waals surface area contributed by atoms with E-state index in [4.69, 9.17) is 0 Å². The van der Waals surface area contributed by atoms with Gasteiger partial charge in [0.05, 0.1) is 23.0 Å². The van der Waals surface area contributed by atoms with Gasteiger partial charge in [0.2, 0.25) is 0 Å². The van der Waals surface area contributed by atoms with Crippen LogP contribution in [0.15, 0.2) is 30.5 Å². The molecule has 0 amide bonds. The Labute approximate surface area is 158 Å². The molecule has 5 nitrogen and oxygen atoms in total. The Hall–Kier alpha value is -2.92. The van der Waals surface area contributed by atoms with Gasteiger partial charge in [0.15, 0.2) is 5.65 Å². The molecular weight excluding hydrogens is 369 g/mol. The third-order valence-corrected chi connectivity index (χ3v) is 5.09. The number of nitriles is 1. The number of nitrogens with one attached hydrogen (secondary N) is 1. The fourth-order valence-electron chi connectivity index (χ4n) is 3.57. The largest absolute Gasteiger partial charge is 0.433 e. The number of aliphatic hydroxyl groups excluding tert-OH is 1. The zero-order valence-corrected chi connectivity index (χ0v) is 15.0. The Morgan fingerprint density at radius 1 is 1.32 bits per heavy atom. The van der Waals surface area contributed by atoms with E-state index in [0.717, 1.165) is 11.1 Å². The van der Waals surface area contributed by atoms with Crippen molar-refractivity contribution < 1.29 is 18.3 Å². The Balaban J connectivity index is 1.96. The van der Waals surface area contributed by atoms with E-state index in [-0.39, 0.29) is 11.0 Å². The van der Waals surface area contributed by atoms with Crippen LogP contribution >= 0.6 is 0 Å². The van der Waals surface area contributed by atoms with Crippen LogP contribution in [0, 0.1) is 11.3 Å². The number of benzene rings is 1. The van der Waals surface area contributed by atoms with Gasteiger partial charge in [-0.1, -0.05) is 12.1 Å². The van der Waals surface area contributed by atoms with Crippen molar-refractivity contribution in [2.45, 2.75) is 43.9 Å². The minimum Gasteiger partial charge on any atom is -0.393 e. The zero-order valence-electron chi connectivity index (χ0n) is 15.0. The molecule has 1 saturated carbocycles. The average molecular weight is 386 g/mol.